The largest absolute Gasteiger partial charge is 0.344 e. The number of nitriles is 2. The second-order valence-electron chi connectivity index (χ2n) is 12.2. The number of nitrogens with one attached hydrogen (secondary N) is 1. The van der Waals surface area contributed by atoms with Crippen molar-refractivity contribution >= 4 is 22.4 Å². The SMILES string of the molecule is N#Cc1cc(C#N)cc(-c2ccc(-c3cccc4cc(-c5ccc(C6=NC(c7ccccc7)NC(c7ccccc7)=N6)cc5)ccc34)cc2)c1. The van der Waals surface area contributed by atoms with Crippen LogP contribution in [-0.2, 0) is 0 Å². The highest BCUT2D eigenvalue weighted by Gasteiger charge is 2.21. The van der Waals surface area contributed by atoms with Gasteiger partial charge in [0.05, 0.1) is 23.3 Å². The summed E-state index contributed by atoms with van der Waals surface area (Å²) in [6.07, 6.45) is -0.240. The van der Waals surface area contributed by atoms with E-state index in [1.165, 1.54) is 0 Å². The summed E-state index contributed by atoms with van der Waals surface area (Å²) < 4.78 is 0. The molecule has 1 unspecified atom stereocenters. The number of rotatable bonds is 6. The van der Waals surface area contributed by atoms with Crippen LogP contribution in [0.5, 0.6) is 0 Å². The summed E-state index contributed by atoms with van der Waals surface area (Å²) in [5, 5.41) is 24.6. The lowest BCUT2D eigenvalue weighted by molar-refractivity contribution is 0.674. The Morgan fingerprint density at radius 2 is 1.08 bits per heavy atom. The number of hydrogen-bond acceptors (Lipinski definition) is 5. The Morgan fingerprint density at radius 3 is 1.76 bits per heavy atom. The van der Waals surface area contributed by atoms with Crippen LogP contribution in [0.4, 0.5) is 0 Å². The van der Waals surface area contributed by atoms with E-state index in [9.17, 15) is 10.5 Å². The van der Waals surface area contributed by atoms with Gasteiger partial charge >= 0.3 is 0 Å². The predicted molar refractivity (Wildman–Crippen MR) is 202 cm³/mol. The molecule has 0 fully saturated rings. The highest BCUT2D eigenvalue weighted by molar-refractivity contribution is 6.13. The Labute approximate surface area is 290 Å². The molecule has 1 N–H and O–H groups in total. The van der Waals surface area contributed by atoms with Gasteiger partial charge < -0.3 is 5.32 Å². The molecule has 50 heavy (non-hydrogen) atoms. The summed E-state index contributed by atoms with van der Waals surface area (Å²) >= 11 is 0. The topological polar surface area (TPSA) is 84.3 Å². The van der Waals surface area contributed by atoms with Crippen LogP contribution in [-0.4, -0.2) is 11.7 Å². The molecule has 0 radical (unpaired) electrons. The fourth-order valence-electron chi connectivity index (χ4n) is 6.42. The van der Waals surface area contributed by atoms with Crippen LogP contribution in [0.15, 0.2) is 174 Å². The molecule has 0 bridgehead atoms. The fraction of sp³-hybridized carbons (Fsp3) is 0.0222. The normalized spacial score (nSPS) is 13.8. The summed E-state index contributed by atoms with van der Waals surface area (Å²) in [5.74, 6) is 1.50. The van der Waals surface area contributed by atoms with Crippen LogP contribution < -0.4 is 5.32 Å². The van der Waals surface area contributed by atoms with Crippen molar-refractivity contribution in [2.45, 2.75) is 6.17 Å². The second-order valence-corrected chi connectivity index (χ2v) is 12.2. The maximum atomic E-state index is 9.40. The molecule has 0 aromatic heterocycles. The van der Waals surface area contributed by atoms with E-state index in [2.05, 4.69) is 115 Å². The molecule has 7 aromatic carbocycles. The van der Waals surface area contributed by atoms with E-state index >= 15 is 0 Å². The lowest BCUT2D eigenvalue weighted by Crippen LogP contribution is -2.33. The molecule has 0 saturated carbocycles. The molecule has 5 heteroatoms. The quantitative estimate of drug-likeness (QED) is 0.197. The van der Waals surface area contributed by atoms with Gasteiger partial charge in [-0.2, -0.15) is 10.5 Å². The number of aliphatic imine (C=N–C) groups is 2. The van der Waals surface area contributed by atoms with E-state index in [1.807, 2.05) is 60.7 Å². The first kappa shape index (κ1) is 30.3. The van der Waals surface area contributed by atoms with E-state index in [4.69, 9.17) is 9.98 Å². The molecule has 0 saturated heterocycles. The third-order valence-corrected chi connectivity index (χ3v) is 8.98. The maximum absolute atomic E-state index is 9.40. The molecule has 1 heterocycles. The minimum Gasteiger partial charge on any atom is -0.344 e. The monoisotopic (exact) mass is 639 g/mol. The van der Waals surface area contributed by atoms with Crippen molar-refractivity contribution in [1.82, 2.24) is 5.32 Å². The van der Waals surface area contributed by atoms with Crippen molar-refractivity contribution in [3.05, 3.63) is 192 Å². The van der Waals surface area contributed by atoms with E-state index in [0.717, 1.165) is 66.7 Å². The molecule has 1 aliphatic heterocycles. The van der Waals surface area contributed by atoms with Gasteiger partial charge in [0.25, 0.3) is 0 Å². The second kappa shape index (κ2) is 13.2. The van der Waals surface area contributed by atoms with Crippen molar-refractivity contribution in [3.63, 3.8) is 0 Å². The molecule has 7 aromatic rings. The van der Waals surface area contributed by atoms with Gasteiger partial charge in [0.2, 0.25) is 0 Å². The van der Waals surface area contributed by atoms with E-state index in [1.54, 1.807) is 6.07 Å². The first-order valence-electron chi connectivity index (χ1n) is 16.4. The number of hydrogen-bond donors (Lipinski definition) is 1. The molecule has 1 atom stereocenters. The summed E-state index contributed by atoms with van der Waals surface area (Å²) in [4.78, 5) is 9.96. The minimum atomic E-state index is -0.240. The van der Waals surface area contributed by atoms with Crippen LogP contribution in [0.1, 0.15) is 34.0 Å². The van der Waals surface area contributed by atoms with Gasteiger partial charge in [0, 0.05) is 11.1 Å². The summed E-state index contributed by atoms with van der Waals surface area (Å²) in [7, 11) is 0. The maximum Gasteiger partial charge on any atom is 0.159 e. The highest BCUT2D eigenvalue weighted by Crippen LogP contribution is 2.34. The predicted octanol–water partition coefficient (Wildman–Crippen LogP) is 10.1. The highest BCUT2D eigenvalue weighted by atomic mass is 15.2. The number of amidine groups is 2. The van der Waals surface area contributed by atoms with Crippen molar-refractivity contribution in [2.24, 2.45) is 9.98 Å². The molecule has 8 rings (SSSR count). The zero-order valence-electron chi connectivity index (χ0n) is 27.0. The number of benzene rings is 7. The zero-order valence-corrected chi connectivity index (χ0v) is 27.0. The van der Waals surface area contributed by atoms with E-state index in [-0.39, 0.29) is 6.17 Å². The summed E-state index contributed by atoms with van der Waals surface area (Å²) in [5.41, 5.74) is 10.3. The number of fused-ring (bicyclic) bond motifs is 1. The Bertz CT molecular complexity index is 2470. The molecule has 0 amide bonds. The van der Waals surface area contributed by atoms with Crippen LogP contribution >= 0.6 is 0 Å². The van der Waals surface area contributed by atoms with Gasteiger partial charge in [0.1, 0.15) is 12.0 Å². The van der Waals surface area contributed by atoms with Crippen LogP contribution in [0.3, 0.4) is 0 Å². The smallest absolute Gasteiger partial charge is 0.159 e. The van der Waals surface area contributed by atoms with E-state index < -0.39 is 0 Å². The molecular formula is C45H29N5. The van der Waals surface area contributed by atoms with E-state index in [0.29, 0.717) is 17.0 Å². The van der Waals surface area contributed by atoms with Gasteiger partial charge in [-0.3, -0.25) is 0 Å². The summed E-state index contributed by atoms with van der Waals surface area (Å²) in [6, 6.07) is 59.7. The lowest BCUT2D eigenvalue weighted by Gasteiger charge is -2.23. The van der Waals surface area contributed by atoms with Gasteiger partial charge in [-0.15, -0.1) is 0 Å². The standard InChI is InChI=1S/C45H29N5/c46-28-30-24-31(29-47)26-40(25-30)33-14-18-34(19-15-33)41-13-7-12-39-27-38(22-23-42(39)41)32-16-20-37(21-17-32)45-49-43(35-8-3-1-4-9-35)48-44(50-45)36-10-5-2-6-11-36/h1-27,43H,(H,48,49,50). The van der Waals surface area contributed by atoms with Gasteiger partial charge in [-0.25, -0.2) is 9.98 Å². The third-order valence-electron chi connectivity index (χ3n) is 8.98. The van der Waals surface area contributed by atoms with Crippen molar-refractivity contribution in [3.8, 4) is 45.5 Å². The Hall–Kier alpha value is -7.08. The molecular weight excluding hydrogens is 611 g/mol. The summed E-state index contributed by atoms with van der Waals surface area (Å²) in [6.45, 7) is 0. The first-order chi connectivity index (χ1) is 24.6. The average molecular weight is 640 g/mol. The van der Waals surface area contributed by atoms with Gasteiger partial charge in [-0.05, 0) is 74.0 Å². The number of nitrogens with zero attached hydrogens (tertiary/aromatic N) is 4. The minimum absolute atomic E-state index is 0.240. The fourth-order valence-corrected chi connectivity index (χ4v) is 6.42. The molecule has 234 valence electrons. The van der Waals surface area contributed by atoms with Crippen molar-refractivity contribution in [2.75, 3.05) is 0 Å². The van der Waals surface area contributed by atoms with Crippen molar-refractivity contribution < 1.29 is 0 Å². The van der Waals surface area contributed by atoms with Crippen LogP contribution in [0.25, 0.3) is 44.2 Å². The zero-order chi connectivity index (χ0) is 33.9. The van der Waals surface area contributed by atoms with Crippen LogP contribution in [0.2, 0.25) is 0 Å². The molecule has 0 aliphatic carbocycles. The molecule has 0 spiro atoms. The Morgan fingerprint density at radius 1 is 0.480 bits per heavy atom. The molecule has 5 nitrogen and oxygen atoms in total. The van der Waals surface area contributed by atoms with Crippen LogP contribution in [0, 0.1) is 22.7 Å². The lowest BCUT2D eigenvalue weighted by atomic mass is 9.93. The average Bonchev–Trinajstić information content (AvgIpc) is 3.20. The van der Waals surface area contributed by atoms with Gasteiger partial charge in [-0.1, -0.05) is 140 Å². The Kier molecular flexibility index (Phi) is 7.99. The third kappa shape index (κ3) is 6.04. The Balaban J connectivity index is 1.08. The molecule has 1 aliphatic rings. The first-order valence-corrected chi connectivity index (χ1v) is 16.4. The van der Waals surface area contributed by atoms with Gasteiger partial charge in [0.15, 0.2) is 5.84 Å². The van der Waals surface area contributed by atoms with Crippen molar-refractivity contribution in [1.29, 1.82) is 10.5 Å².